The summed E-state index contributed by atoms with van der Waals surface area (Å²) in [5.74, 6) is -0.240. The first-order valence-corrected chi connectivity index (χ1v) is 3.88. The third-order valence-electron chi connectivity index (χ3n) is 1.80. The van der Waals surface area contributed by atoms with E-state index in [2.05, 4.69) is 6.42 Å². The van der Waals surface area contributed by atoms with Crippen molar-refractivity contribution in [2.24, 2.45) is 0 Å². The van der Waals surface area contributed by atoms with Crippen LogP contribution in [0.5, 0.6) is 0 Å². The zero-order chi connectivity index (χ0) is 8.39. The zero-order valence-electron chi connectivity index (χ0n) is 6.54. The van der Waals surface area contributed by atoms with Gasteiger partial charge in [0.15, 0.2) is 0 Å². The van der Waals surface area contributed by atoms with Gasteiger partial charge in [-0.15, -0.1) is 0 Å². The molecule has 1 aliphatic rings. The molecule has 0 bridgehead atoms. The van der Waals surface area contributed by atoms with Crippen LogP contribution in [-0.2, 0) is 4.74 Å². The van der Waals surface area contributed by atoms with E-state index in [1.807, 2.05) is 18.2 Å². The summed E-state index contributed by atoms with van der Waals surface area (Å²) < 4.78 is 4.93. The predicted octanol–water partition coefficient (Wildman–Crippen LogP) is 1.68. The van der Waals surface area contributed by atoms with Crippen molar-refractivity contribution in [2.75, 3.05) is 6.61 Å². The monoisotopic (exact) mass is 160 g/mol. The number of carbonyl (C=O) groups excluding carboxylic acids is 1. The second kappa shape index (κ2) is 2.97. The summed E-state index contributed by atoms with van der Waals surface area (Å²) in [5.41, 5.74) is 1.48. The number of cyclic esters (lactones) is 1. The van der Waals surface area contributed by atoms with E-state index < -0.39 is 0 Å². The maximum absolute atomic E-state index is 11.2. The Kier molecular flexibility index (Phi) is 1.82. The molecule has 0 N–H and O–H groups in total. The summed E-state index contributed by atoms with van der Waals surface area (Å²) in [6, 6.07) is 7.36. The highest BCUT2D eigenvalue weighted by Gasteiger charge is 2.15. The molecule has 0 fully saturated rings. The first-order chi connectivity index (χ1) is 5.88. The van der Waals surface area contributed by atoms with Crippen molar-refractivity contribution < 1.29 is 9.53 Å². The van der Waals surface area contributed by atoms with E-state index in [0.29, 0.717) is 18.6 Å². The predicted molar refractivity (Wildman–Crippen MR) is 43.7 cm³/mol. The first-order valence-electron chi connectivity index (χ1n) is 3.88. The van der Waals surface area contributed by atoms with Crippen LogP contribution in [0.15, 0.2) is 24.3 Å². The summed E-state index contributed by atoms with van der Waals surface area (Å²) >= 11 is 0. The molecule has 0 unspecified atom stereocenters. The van der Waals surface area contributed by atoms with Gasteiger partial charge in [0.05, 0.1) is 12.2 Å². The van der Waals surface area contributed by atoms with Crippen LogP contribution in [0, 0.1) is 6.42 Å². The van der Waals surface area contributed by atoms with Crippen LogP contribution in [0.3, 0.4) is 0 Å². The van der Waals surface area contributed by atoms with Crippen LogP contribution < -0.4 is 0 Å². The topological polar surface area (TPSA) is 26.3 Å². The lowest BCUT2D eigenvalue weighted by Crippen LogP contribution is -2.03. The van der Waals surface area contributed by atoms with Gasteiger partial charge in [0.2, 0.25) is 0 Å². The Morgan fingerprint density at radius 2 is 2.17 bits per heavy atom. The number of hydrogen-bond acceptors (Lipinski definition) is 2. The van der Waals surface area contributed by atoms with Crippen molar-refractivity contribution in [1.82, 2.24) is 0 Å². The SMILES string of the molecule is O=C1OCC[C]c2ccccc21. The Morgan fingerprint density at radius 3 is 3.08 bits per heavy atom. The van der Waals surface area contributed by atoms with Crippen molar-refractivity contribution in [3.05, 3.63) is 41.8 Å². The molecule has 2 rings (SSSR count). The van der Waals surface area contributed by atoms with Gasteiger partial charge in [0.1, 0.15) is 0 Å². The van der Waals surface area contributed by atoms with E-state index in [4.69, 9.17) is 4.74 Å². The Morgan fingerprint density at radius 1 is 1.33 bits per heavy atom. The molecule has 0 atom stereocenters. The number of esters is 1. The lowest BCUT2D eigenvalue weighted by Gasteiger charge is -2.00. The normalized spacial score (nSPS) is 16.2. The van der Waals surface area contributed by atoms with Gasteiger partial charge in [-0.2, -0.15) is 0 Å². The Balaban J connectivity index is 2.46. The van der Waals surface area contributed by atoms with Crippen LogP contribution in [0.25, 0.3) is 0 Å². The Hall–Kier alpha value is -1.31. The van der Waals surface area contributed by atoms with Gasteiger partial charge < -0.3 is 4.74 Å². The average molecular weight is 160 g/mol. The third-order valence-corrected chi connectivity index (χ3v) is 1.80. The number of rotatable bonds is 0. The smallest absolute Gasteiger partial charge is 0.338 e. The third kappa shape index (κ3) is 1.20. The highest BCUT2D eigenvalue weighted by Crippen LogP contribution is 2.17. The van der Waals surface area contributed by atoms with Crippen LogP contribution >= 0.6 is 0 Å². The van der Waals surface area contributed by atoms with E-state index in [-0.39, 0.29) is 5.97 Å². The summed E-state index contributed by atoms with van der Waals surface area (Å²) in [6.07, 6.45) is 3.79. The lowest BCUT2D eigenvalue weighted by atomic mass is 10.0. The number of ether oxygens (including phenoxy) is 1. The van der Waals surface area contributed by atoms with E-state index in [1.54, 1.807) is 6.07 Å². The van der Waals surface area contributed by atoms with E-state index in [0.717, 1.165) is 5.56 Å². The van der Waals surface area contributed by atoms with Gasteiger partial charge in [0, 0.05) is 6.42 Å². The minimum Gasteiger partial charge on any atom is -0.462 e. The summed E-state index contributed by atoms with van der Waals surface area (Å²) in [4.78, 5) is 11.2. The van der Waals surface area contributed by atoms with Crippen molar-refractivity contribution in [2.45, 2.75) is 6.42 Å². The standard InChI is InChI=1S/C10H8O2/c11-10-9-6-2-1-4-8(9)5-3-7-12-10/h1-2,4,6H,3,7H2. The summed E-state index contributed by atoms with van der Waals surface area (Å²) in [7, 11) is 0. The minimum atomic E-state index is -0.240. The van der Waals surface area contributed by atoms with Crippen molar-refractivity contribution in [3.8, 4) is 0 Å². The molecule has 0 spiro atoms. The fourth-order valence-electron chi connectivity index (χ4n) is 1.22. The maximum atomic E-state index is 11.2. The van der Waals surface area contributed by atoms with Crippen molar-refractivity contribution in [1.29, 1.82) is 0 Å². The highest BCUT2D eigenvalue weighted by molar-refractivity contribution is 5.91. The van der Waals surface area contributed by atoms with Gasteiger partial charge in [0.25, 0.3) is 0 Å². The van der Waals surface area contributed by atoms with Gasteiger partial charge >= 0.3 is 5.97 Å². The molecule has 2 heteroatoms. The van der Waals surface area contributed by atoms with Crippen LogP contribution in [-0.4, -0.2) is 12.6 Å². The molecule has 0 aliphatic carbocycles. The van der Waals surface area contributed by atoms with E-state index >= 15 is 0 Å². The minimum absolute atomic E-state index is 0.240. The van der Waals surface area contributed by atoms with Crippen LogP contribution in [0.2, 0.25) is 0 Å². The molecule has 0 amide bonds. The molecule has 1 aromatic carbocycles. The lowest BCUT2D eigenvalue weighted by molar-refractivity contribution is 0.0518. The zero-order valence-corrected chi connectivity index (χ0v) is 6.54. The first kappa shape index (κ1) is 7.35. The Labute approximate surface area is 71.2 Å². The van der Waals surface area contributed by atoms with Crippen LogP contribution in [0.1, 0.15) is 22.3 Å². The molecule has 0 aromatic heterocycles. The van der Waals surface area contributed by atoms with Gasteiger partial charge in [-0.05, 0) is 18.1 Å². The molecular weight excluding hydrogens is 152 g/mol. The number of benzene rings is 1. The fraction of sp³-hybridized carbons (Fsp3) is 0.200. The van der Waals surface area contributed by atoms with Gasteiger partial charge in [-0.25, -0.2) is 4.79 Å². The number of fused-ring (bicyclic) bond motifs is 1. The summed E-state index contributed by atoms with van der Waals surface area (Å²) in [6.45, 7) is 0.438. The summed E-state index contributed by atoms with van der Waals surface area (Å²) in [5, 5.41) is 0. The van der Waals surface area contributed by atoms with Crippen LogP contribution in [0.4, 0.5) is 0 Å². The second-order valence-electron chi connectivity index (χ2n) is 2.61. The molecule has 0 saturated carbocycles. The van der Waals surface area contributed by atoms with Gasteiger partial charge in [-0.1, -0.05) is 18.2 Å². The van der Waals surface area contributed by atoms with Crippen molar-refractivity contribution >= 4 is 5.97 Å². The molecule has 0 saturated heterocycles. The number of hydrogen-bond donors (Lipinski definition) is 0. The highest BCUT2D eigenvalue weighted by atomic mass is 16.5. The molecule has 1 heterocycles. The molecular formula is C10H8O2. The molecule has 12 heavy (non-hydrogen) atoms. The molecule has 1 aliphatic heterocycles. The Bertz CT molecular complexity index is 304. The van der Waals surface area contributed by atoms with E-state index in [9.17, 15) is 4.79 Å². The quantitative estimate of drug-likeness (QED) is 0.540. The molecule has 60 valence electrons. The largest absolute Gasteiger partial charge is 0.462 e. The molecule has 1 aromatic rings. The second-order valence-corrected chi connectivity index (χ2v) is 2.61. The number of carbonyl (C=O) groups is 1. The fourth-order valence-corrected chi connectivity index (χ4v) is 1.22. The van der Waals surface area contributed by atoms with Gasteiger partial charge in [-0.3, -0.25) is 0 Å². The maximum Gasteiger partial charge on any atom is 0.338 e. The van der Waals surface area contributed by atoms with E-state index in [1.165, 1.54) is 0 Å². The average Bonchev–Trinajstić information content (AvgIpc) is 2.29. The molecule has 2 nitrogen and oxygen atoms in total. The molecule has 2 radical (unpaired) electrons. The van der Waals surface area contributed by atoms with Crippen molar-refractivity contribution in [3.63, 3.8) is 0 Å².